The first-order valence-electron chi connectivity index (χ1n) is 10.3. The van der Waals surface area contributed by atoms with Crippen molar-refractivity contribution in [1.29, 1.82) is 0 Å². The van der Waals surface area contributed by atoms with E-state index in [-0.39, 0.29) is 29.1 Å². The Morgan fingerprint density at radius 1 is 1.09 bits per heavy atom. The molecule has 2 aromatic heterocycles. The van der Waals surface area contributed by atoms with Crippen LogP contribution in [0.1, 0.15) is 34.2 Å². The van der Waals surface area contributed by atoms with Gasteiger partial charge in [-0.05, 0) is 28.8 Å². The molecule has 9 heteroatoms. The summed E-state index contributed by atoms with van der Waals surface area (Å²) in [5.41, 5.74) is 1.50. The Kier molecular flexibility index (Phi) is 5.80. The summed E-state index contributed by atoms with van der Waals surface area (Å²) < 4.78 is 42.6. The van der Waals surface area contributed by atoms with E-state index < -0.39 is 17.7 Å². The van der Waals surface area contributed by atoms with Crippen molar-refractivity contribution in [3.63, 3.8) is 0 Å². The van der Waals surface area contributed by atoms with Crippen LogP contribution < -0.4 is 5.32 Å². The second-order valence-electron chi connectivity index (χ2n) is 7.49. The van der Waals surface area contributed by atoms with E-state index in [2.05, 4.69) is 15.3 Å². The number of aryl methyl sites for hydroxylation is 1. The summed E-state index contributed by atoms with van der Waals surface area (Å²) in [4.78, 5) is 20.1. The highest BCUT2D eigenvalue weighted by molar-refractivity contribution is 5.96. The van der Waals surface area contributed by atoms with E-state index in [0.29, 0.717) is 17.8 Å². The lowest BCUT2D eigenvalue weighted by molar-refractivity contribution is -0.136. The minimum atomic E-state index is -4.56. The fraction of sp³-hybridized carbons (Fsp3) is 0.208. The minimum Gasteiger partial charge on any atom is -0.478 e. The number of halogens is 3. The molecule has 0 saturated carbocycles. The van der Waals surface area contributed by atoms with Gasteiger partial charge in [0.1, 0.15) is 17.2 Å². The fourth-order valence-corrected chi connectivity index (χ4v) is 3.81. The Hall–Kier alpha value is -3.88. The van der Waals surface area contributed by atoms with E-state index in [4.69, 9.17) is 0 Å². The number of hydrogen-bond acceptors (Lipinski definition) is 4. The zero-order valence-corrected chi connectivity index (χ0v) is 17.9. The van der Waals surface area contributed by atoms with Gasteiger partial charge in [-0.2, -0.15) is 13.2 Å². The third-order valence-electron chi connectivity index (χ3n) is 5.42. The fourth-order valence-electron chi connectivity index (χ4n) is 3.81. The molecule has 0 aliphatic heterocycles. The highest BCUT2D eigenvalue weighted by Gasteiger charge is 2.35. The first-order valence-corrected chi connectivity index (χ1v) is 10.3. The predicted molar refractivity (Wildman–Crippen MR) is 119 cm³/mol. The van der Waals surface area contributed by atoms with E-state index in [1.165, 1.54) is 7.05 Å². The van der Waals surface area contributed by atoms with Gasteiger partial charge in [0.25, 0.3) is 0 Å². The van der Waals surface area contributed by atoms with E-state index in [0.717, 1.165) is 17.2 Å². The maximum absolute atomic E-state index is 13.7. The van der Waals surface area contributed by atoms with E-state index >= 15 is 0 Å². The topological polar surface area (TPSA) is 80.0 Å². The van der Waals surface area contributed by atoms with Crippen LogP contribution in [0.15, 0.2) is 54.6 Å². The van der Waals surface area contributed by atoms with Crippen molar-refractivity contribution in [3.8, 4) is 11.1 Å². The molecule has 0 aliphatic carbocycles. The van der Waals surface area contributed by atoms with Crippen LogP contribution in [0.4, 0.5) is 19.0 Å². The first-order chi connectivity index (χ1) is 15.7. The van der Waals surface area contributed by atoms with Gasteiger partial charge in [0.05, 0.1) is 17.7 Å². The van der Waals surface area contributed by atoms with Gasteiger partial charge in [0, 0.05) is 13.5 Å². The zero-order valence-electron chi connectivity index (χ0n) is 17.9. The van der Waals surface area contributed by atoms with Gasteiger partial charge in [-0.3, -0.25) is 0 Å². The van der Waals surface area contributed by atoms with Crippen LogP contribution in [0.25, 0.3) is 22.3 Å². The number of benzene rings is 2. The number of pyridine rings is 1. The summed E-state index contributed by atoms with van der Waals surface area (Å²) in [6, 6.07) is 14.9. The monoisotopic (exact) mass is 454 g/mol. The maximum atomic E-state index is 13.7. The number of fused-ring (bicyclic) bond motifs is 1. The molecule has 4 rings (SSSR count). The number of aromatic nitrogens is 3. The summed E-state index contributed by atoms with van der Waals surface area (Å²) in [6.07, 6.45) is -4.12. The van der Waals surface area contributed by atoms with Gasteiger partial charge < -0.3 is 15.0 Å². The molecule has 2 N–H and O–H groups in total. The Balaban J connectivity index is 1.76. The van der Waals surface area contributed by atoms with E-state index in [9.17, 15) is 23.1 Å². The number of alkyl halides is 3. The molecule has 0 amide bonds. The largest absolute Gasteiger partial charge is 0.478 e. The summed E-state index contributed by atoms with van der Waals surface area (Å²) in [5.74, 6) is -0.408. The molecule has 0 spiro atoms. The SMILES string of the molecule is CCc1nc2c(C(F)(F)F)cc(NC)nc2n1Cc1ccc(-c2ccccc2C(=O)O)cc1. The number of aromatic carboxylic acids is 1. The summed E-state index contributed by atoms with van der Waals surface area (Å²) in [5, 5.41) is 12.1. The van der Waals surface area contributed by atoms with Crippen molar-refractivity contribution < 1.29 is 23.1 Å². The number of nitrogens with zero attached hydrogens (tertiary/aromatic N) is 3. The number of imidazole rings is 1. The molecule has 6 nitrogen and oxygen atoms in total. The van der Waals surface area contributed by atoms with Crippen LogP contribution in [0.3, 0.4) is 0 Å². The van der Waals surface area contributed by atoms with Gasteiger partial charge in [-0.15, -0.1) is 0 Å². The zero-order chi connectivity index (χ0) is 23.8. The number of carboxylic acids is 1. The third kappa shape index (κ3) is 4.26. The van der Waals surface area contributed by atoms with E-state index in [1.807, 2.05) is 19.1 Å². The van der Waals surface area contributed by atoms with Crippen LogP contribution in [-0.2, 0) is 19.1 Å². The summed E-state index contributed by atoms with van der Waals surface area (Å²) in [6.45, 7) is 2.11. The average molecular weight is 454 g/mol. The first kappa shape index (κ1) is 22.3. The highest BCUT2D eigenvalue weighted by atomic mass is 19.4. The molecule has 170 valence electrons. The number of nitrogens with one attached hydrogen (secondary N) is 1. The molecule has 0 radical (unpaired) electrons. The molecule has 0 atom stereocenters. The maximum Gasteiger partial charge on any atom is 0.418 e. The minimum absolute atomic E-state index is 0.110. The van der Waals surface area contributed by atoms with E-state index in [1.54, 1.807) is 41.0 Å². The molecule has 0 aliphatic rings. The Bertz CT molecular complexity index is 1330. The molecule has 0 unspecified atom stereocenters. The molecule has 0 fully saturated rings. The van der Waals surface area contributed by atoms with Crippen LogP contribution in [0, 0.1) is 0 Å². The van der Waals surface area contributed by atoms with Crippen molar-refractivity contribution in [2.75, 3.05) is 12.4 Å². The van der Waals surface area contributed by atoms with Crippen LogP contribution in [0.2, 0.25) is 0 Å². The molecule has 33 heavy (non-hydrogen) atoms. The Morgan fingerprint density at radius 2 is 1.79 bits per heavy atom. The number of carboxylic acid groups (broad SMARTS) is 1. The second kappa shape index (κ2) is 8.57. The molecular formula is C24H21F3N4O2. The van der Waals surface area contributed by atoms with Gasteiger partial charge in [0.2, 0.25) is 0 Å². The molecular weight excluding hydrogens is 433 g/mol. The Morgan fingerprint density at radius 3 is 2.39 bits per heavy atom. The van der Waals surface area contributed by atoms with Crippen molar-refractivity contribution in [2.24, 2.45) is 0 Å². The number of anilines is 1. The normalized spacial score (nSPS) is 11.7. The molecule has 2 heterocycles. The highest BCUT2D eigenvalue weighted by Crippen LogP contribution is 2.36. The number of carbonyl (C=O) groups is 1. The lowest BCUT2D eigenvalue weighted by atomic mass is 9.99. The average Bonchev–Trinajstić information content (AvgIpc) is 3.15. The lowest BCUT2D eigenvalue weighted by Crippen LogP contribution is -2.09. The van der Waals surface area contributed by atoms with Gasteiger partial charge in [0.15, 0.2) is 5.65 Å². The quantitative estimate of drug-likeness (QED) is 0.404. The van der Waals surface area contributed by atoms with Crippen molar-refractivity contribution in [1.82, 2.24) is 14.5 Å². The standard InChI is InChI=1S/C24H21F3N4O2/c1-3-20-30-21-18(24(25,26)27)12-19(28-2)29-22(21)31(20)13-14-8-10-15(11-9-14)16-6-4-5-7-17(16)23(32)33/h4-12H,3,13H2,1-2H3,(H,28,29)(H,32,33). The number of rotatable bonds is 6. The predicted octanol–water partition coefficient (Wildman–Crippen LogP) is 5.47. The smallest absolute Gasteiger partial charge is 0.418 e. The third-order valence-corrected chi connectivity index (χ3v) is 5.42. The van der Waals surface area contributed by atoms with Gasteiger partial charge in [-0.25, -0.2) is 14.8 Å². The summed E-state index contributed by atoms with van der Waals surface area (Å²) >= 11 is 0. The lowest BCUT2D eigenvalue weighted by Gasteiger charge is -2.12. The second-order valence-corrected chi connectivity index (χ2v) is 7.49. The summed E-state index contributed by atoms with van der Waals surface area (Å²) in [7, 11) is 1.52. The molecule has 0 bridgehead atoms. The molecule has 0 saturated heterocycles. The van der Waals surface area contributed by atoms with Crippen molar-refractivity contribution in [2.45, 2.75) is 26.1 Å². The number of hydrogen-bond donors (Lipinski definition) is 2. The van der Waals surface area contributed by atoms with Gasteiger partial charge in [-0.1, -0.05) is 49.4 Å². The van der Waals surface area contributed by atoms with Crippen LogP contribution in [-0.4, -0.2) is 32.7 Å². The Labute approximate surface area is 187 Å². The van der Waals surface area contributed by atoms with Crippen molar-refractivity contribution >= 4 is 23.0 Å². The van der Waals surface area contributed by atoms with Crippen LogP contribution >= 0.6 is 0 Å². The van der Waals surface area contributed by atoms with Crippen molar-refractivity contribution in [3.05, 3.63) is 77.1 Å². The van der Waals surface area contributed by atoms with Gasteiger partial charge >= 0.3 is 12.1 Å². The van der Waals surface area contributed by atoms with Crippen LogP contribution in [0.5, 0.6) is 0 Å². The molecule has 4 aromatic rings. The molecule has 2 aromatic carbocycles.